The van der Waals surface area contributed by atoms with Crippen molar-refractivity contribution in [2.45, 2.75) is 50.8 Å². The average Bonchev–Trinajstić information content (AvgIpc) is 3.60. The zero-order chi connectivity index (χ0) is 30.8. The van der Waals surface area contributed by atoms with Gasteiger partial charge in [-0.1, -0.05) is 47.7 Å². The van der Waals surface area contributed by atoms with Crippen LogP contribution < -0.4 is 10.6 Å². The number of allylic oxidation sites excluding steroid dienone is 2. The molecule has 0 radical (unpaired) electrons. The number of nitrogens with zero attached hydrogens (tertiary/aromatic N) is 3. The molecule has 3 aliphatic rings. The van der Waals surface area contributed by atoms with Gasteiger partial charge in [0.1, 0.15) is 18.4 Å². The van der Waals surface area contributed by atoms with Crippen LogP contribution in [-0.2, 0) is 32.3 Å². The molecule has 3 heterocycles. The summed E-state index contributed by atoms with van der Waals surface area (Å²) in [4.78, 5) is 72.6. The Morgan fingerprint density at radius 2 is 1.95 bits per heavy atom. The van der Waals surface area contributed by atoms with Gasteiger partial charge in [-0.3, -0.25) is 29.8 Å². The van der Waals surface area contributed by atoms with Crippen LogP contribution in [0.5, 0.6) is 0 Å². The predicted molar refractivity (Wildman–Crippen MR) is 160 cm³/mol. The van der Waals surface area contributed by atoms with Gasteiger partial charge in [0.15, 0.2) is 5.78 Å². The van der Waals surface area contributed by atoms with E-state index in [4.69, 9.17) is 4.74 Å². The minimum Gasteiger partial charge on any atom is -0.511 e. The van der Waals surface area contributed by atoms with Crippen LogP contribution in [0.4, 0.5) is 15.6 Å². The van der Waals surface area contributed by atoms with Crippen molar-refractivity contribution >= 4 is 58.0 Å². The Balaban J connectivity index is 1.04. The van der Waals surface area contributed by atoms with Crippen LogP contribution in [-0.4, -0.2) is 56.8 Å². The number of imide groups is 1. The molecule has 3 N–H and O–H groups in total. The highest BCUT2D eigenvalue weighted by atomic mass is 32.1. The van der Waals surface area contributed by atoms with Crippen LogP contribution in [0.25, 0.3) is 0 Å². The molecule has 3 aromatic rings. The summed E-state index contributed by atoms with van der Waals surface area (Å²) in [6, 6.07) is 13.7. The first-order valence-electron chi connectivity index (χ1n) is 14.0. The maximum atomic E-state index is 13.0. The number of ether oxygens (including phenoxy) is 1. The summed E-state index contributed by atoms with van der Waals surface area (Å²) in [6.07, 6.45) is 3.08. The summed E-state index contributed by atoms with van der Waals surface area (Å²) >= 11 is 1.16. The predicted octanol–water partition coefficient (Wildman–Crippen LogP) is 4.31. The number of benzene rings is 2. The summed E-state index contributed by atoms with van der Waals surface area (Å²) in [5, 5.41) is 15.8. The molecule has 224 valence electrons. The van der Waals surface area contributed by atoms with E-state index in [1.165, 1.54) is 17.3 Å². The molecule has 1 aromatic heterocycles. The molecule has 1 aliphatic carbocycles. The number of rotatable bonds is 7. The van der Waals surface area contributed by atoms with E-state index < -0.39 is 18.0 Å². The molecule has 2 aromatic carbocycles. The normalized spacial score (nSPS) is 20.2. The third kappa shape index (κ3) is 5.99. The van der Waals surface area contributed by atoms with E-state index in [9.17, 15) is 29.1 Å². The van der Waals surface area contributed by atoms with E-state index in [0.29, 0.717) is 33.2 Å². The van der Waals surface area contributed by atoms with E-state index in [0.717, 1.165) is 16.9 Å². The number of thiazole rings is 1. The molecule has 6 rings (SSSR count). The third-order valence-electron chi connectivity index (χ3n) is 7.76. The van der Waals surface area contributed by atoms with Gasteiger partial charge in [-0.05, 0) is 30.0 Å². The van der Waals surface area contributed by atoms with Crippen molar-refractivity contribution in [2.75, 3.05) is 5.32 Å². The molecule has 2 unspecified atom stereocenters. The van der Waals surface area contributed by atoms with Gasteiger partial charge >= 0.3 is 6.09 Å². The number of hydrogen-bond donors (Lipinski definition) is 3. The van der Waals surface area contributed by atoms with E-state index in [1.54, 1.807) is 18.2 Å². The summed E-state index contributed by atoms with van der Waals surface area (Å²) in [6.45, 7) is 0.00944. The fraction of sp³-hybridized carbons (Fsp3) is 0.258. The Hall–Kier alpha value is -5.17. The van der Waals surface area contributed by atoms with Gasteiger partial charge in [-0.25, -0.2) is 14.8 Å². The fourth-order valence-corrected chi connectivity index (χ4v) is 6.22. The van der Waals surface area contributed by atoms with Crippen molar-refractivity contribution in [3.63, 3.8) is 0 Å². The number of carbonyl (C=O) groups excluding carboxylic acids is 5. The molecule has 2 aliphatic heterocycles. The van der Waals surface area contributed by atoms with Crippen molar-refractivity contribution in [1.82, 2.24) is 15.2 Å². The minimum absolute atomic E-state index is 0.00929. The van der Waals surface area contributed by atoms with Crippen LogP contribution in [0, 0.1) is 0 Å². The van der Waals surface area contributed by atoms with E-state index >= 15 is 0 Å². The first-order valence-corrected chi connectivity index (χ1v) is 14.8. The SMILES string of the molecule is O=C1CCC(N2Cc3c(NC(=O)OCc4cnc(/N=C/C5=C(O)CC(c6ccccc6)CC5=O)s4)cccc3C2=O)C(=O)N1. The number of anilines is 1. The maximum Gasteiger partial charge on any atom is 0.411 e. The summed E-state index contributed by atoms with van der Waals surface area (Å²) < 4.78 is 5.35. The Labute approximate surface area is 255 Å². The van der Waals surface area contributed by atoms with E-state index in [2.05, 4.69) is 20.6 Å². The molecule has 44 heavy (non-hydrogen) atoms. The highest BCUT2D eigenvalue weighted by Crippen LogP contribution is 2.34. The second kappa shape index (κ2) is 12.2. The lowest BCUT2D eigenvalue weighted by Crippen LogP contribution is -2.52. The van der Waals surface area contributed by atoms with Gasteiger partial charge in [-0.2, -0.15) is 0 Å². The molecule has 1 saturated heterocycles. The van der Waals surface area contributed by atoms with Crippen LogP contribution in [0.15, 0.2) is 71.1 Å². The van der Waals surface area contributed by atoms with Gasteiger partial charge < -0.3 is 14.7 Å². The monoisotopic (exact) mass is 613 g/mol. The first-order chi connectivity index (χ1) is 21.3. The number of carbonyl (C=O) groups is 5. The molecule has 4 amide bonds. The lowest BCUT2D eigenvalue weighted by atomic mass is 9.83. The minimum atomic E-state index is -0.765. The lowest BCUT2D eigenvalue weighted by molar-refractivity contribution is -0.137. The number of aliphatic hydroxyl groups is 1. The highest BCUT2D eigenvalue weighted by Gasteiger charge is 2.40. The number of aromatic nitrogens is 1. The number of ketones is 1. The molecule has 13 heteroatoms. The van der Waals surface area contributed by atoms with Crippen LogP contribution >= 0.6 is 11.3 Å². The lowest BCUT2D eigenvalue weighted by Gasteiger charge is -2.29. The Kier molecular flexibility index (Phi) is 8.03. The standard InChI is InChI=1S/C31H27N5O7S/c37-25-11-18(17-5-2-1-3-6-17)12-26(38)21(25)14-33-30-32-13-19(44-30)16-43-31(42)34-23-8-4-7-20-22(23)15-36(29(20)41)24-9-10-27(39)35-28(24)40/h1-8,13-14,18,24,37H,9-12,15-16H2,(H,34,42)(H,35,39,40)/b33-14+. The molecule has 2 atom stereocenters. The second-order valence-electron chi connectivity index (χ2n) is 10.6. The molecule has 1 fully saturated rings. The van der Waals surface area contributed by atoms with Gasteiger partial charge in [0.2, 0.25) is 16.9 Å². The highest BCUT2D eigenvalue weighted by molar-refractivity contribution is 7.15. The zero-order valence-corrected chi connectivity index (χ0v) is 24.1. The number of aliphatic hydroxyl groups excluding tert-OH is 1. The summed E-state index contributed by atoms with van der Waals surface area (Å²) in [5.41, 5.74) is 2.46. The van der Waals surface area contributed by atoms with Crippen LogP contribution in [0.2, 0.25) is 0 Å². The molecule has 12 nitrogen and oxygen atoms in total. The Morgan fingerprint density at radius 3 is 2.73 bits per heavy atom. The molecule has 0 bridgehead atoms. The number of piperidine rings is 1. The number of amides is 4. The van der Waals surface area contributed by atoms with Gasteiger partial charge in [-0.15, -0.1) is 0 Å². The van der Waals surface area contributed by atoms with Crippen molar-refractivity contribution < 1.29 is 33.8 Å². The summed E-state index contributed by atoms with van der Waals surface area (Å²) in [5.74, 6) is -1.52. The Bertz CT molecular complexity index is 1730. The van der Waals surface area contributed by atoms with Crippen molar-refractivity contribution in [2.24, 2.45) is 4.99 Å². The third-order valence-corrected chi connectivity index (χ3v) is 8.64. The number of Topliss-reactive ketones (excluding diaryl/α,β-unsaturated/α-hetero) is 1. The van der Waals surface area contributed by atoms with Gasteiger partial charge in [0.05, 0.1) is 10.5 Å². The van der Waals surface area contributed by atoms with Crippen molar-refractivity contribution in [3.05, 3.63) is 87.6 Å². The van der Waals surface area contributed by atoms with Crippen LogP contribution in [0.1, 0.15) is 58.0 Å². The second-order valence-corrected chi connectivity index (χ2v) is 11.7. The van der Waals surface area contributed by atoms with E-state index in [1.807, 2.05) is 30.3 Å². The largest absolute Gasteiger partial charge is 0.511 e. The maximum absolute atomic E-state index is 13.0. The topological polar surface area (TPSA) is 167 Å². The zero-order valence-electron chi connectivity index (χ0n) is 23.3. The molecule has 0 saturated carbocycles. The molecule has 0 spiro atoms. The first kappa shape index (κ1) is 28.9. The smallest absolute Gasteiger partial charge is 0.411 e. The van der Waals surface area contributed by atoms with Gasteiger partial charge in [0.25, 0.3) is 5.91 Å². The summed E-state index contributed by atoms with van der Waals surface area (Å²) in [7, 11) is 0. The quantitative estimate of drug-likeness (QED) is 0.262. The van der Waals surface area contributed by atoms with Crippen molar-refractivity contribution in [1.29, 1.82) is 0 Å². The van der Waals surface area contributed by atoms with E-state index in [-0.39, 0.29) is 67.3 Å². The number of nitrogens with one attached hydrogen (secondary N) is 2. The fourth-order valence-electron chi connectivity index (χ4n) is 5.55. The number of aliphatic imine (C=N–C) groups is 1. The average molecular weight is 614 g/mol. The molecular formula is C31H27N5O7S. The number of fused-ring (bicyclic) bond motifs is 1. The number of hydrogen-bond acceptors (Lipinski definition) is 10. The Morgan fingerprint density at radius 1 is 1.14 bits per heavy atom. The van der Waals surface area contributed by atoms with Crippen LogP contribution in [0.3, 0.4) is 0 Å². The van der Waals surface area contributed by atoms with Crippen molar-refractivity contribution in [3.8, 4) is 0 Å². The molecular weight excluding hydrogens is 586 g/mol. The van der Waals surface area contributed by atoms with Gasteiger partial charge in [0, 0.05) is 55.0 Å².